The lowest BCUT2D eigenvalue weighted by molar-refractivity contribution is -0.138. The minimum Gasteiger partial charge on any atom is -0.494 e. The zero-order valence-electron chi connectivity index (χ0n) is 22.1. The van der Waals surface area contributed by atoms with Crippen LogP contribution >= 0.6 is 11.8 Å². The summed E-state index contributed by atoms with van der Waals surface area (Å²) in [4.78, 5) is 14.1. The molecule has 0 fully saturated rings. The van der Waals surface area contributed by atoms with E-state index >= 15 is 4.39 Å². The molecule has 1 aliphatic heterocycles. The van der Waals surface area contributed by atoms with Crippen LogP contribution in [0.25, 0.3) is 11.1 Å². The molecule has 42 heavy (non-hydrogen) atoms. The van der Waals surface area contributed by atoms with Crippen molar-refractivity contribution in [3.8, 4) is 16.9 Å². The highest BCUT2D eigenvalue weighted by Gasteiger charge is 2.38. The Morgan fingerprint density at radius 2 is 1.74 bits per heavy atom. The van der Waals surface area contributed by atoms with Crippen molar-refractivity contribution in [3.63, 3.8) is 0 Å². The standard InChI is InChI=1S/C30H22F6N2O3S/c1-15-19(13-20-21(30(34,35)36)6-4-7-22(20)32)29-38(28(39)25(15)18-5-3-8-24(41-2)26(18)33)23(14-42-29)27(37-40)16-9-11-17(31)12-10-16/h3-12,23,40H,13-14H2,1-2H3. The summed E-state index contributed by atoms with van der Waals surface area (Å²) in [6.45, 7) is 1.47. The van der Waals surface area contributed by atoms with E-state index in [4.69, 9.17) is 4.74 Å². The van der Waals surface area contributed by atoms with Gasteiger partial charge in [-0.1, -0.05) is 35.5 Å². The number of pyridine rings is 1. The second kappa shape index (κ2) is 11.2. The van der Waals surface area contributed by atoms with Crippen LogP contribution in [0, 0.1) is 24.4 Å². The van der Waals surface area contributed by atoms with Crippen molar-refractivity contribution in [2.75, 3.05) is 12.9 Å². The summed E-state index contributed by atoms with van der Waals surface area (Å²) in [5, 5.41) is 13.6. The highest BCUT2D eigenvalue weighted by molar-refractivity contribution is 7.99. The number of nitrogens with zero attached hydrogens (tertiary/aromatic N) is 2. The molecule has 5 nitrogen and oxygen atoms in total. The Balaban J connectivity index is 1.81. The third-order valence-corrected chi connectivity index (χ3v) is 8.42. The van der Waals surface area contributed by atoms with E-state index in [9.17, 15) is 32.0 Å². The summed E-state index contributed by atoms with van der Waals surface area (Å²) < 4.78 is 92.2. The van der Waals surface area contributed by atoms with Crippen molar-refractivity contribution in [2.45, 2.75) is 30.6 Å². The van der Waals surface area contributed by atoms with Gasteiger partial charge in [0.05, 0.1) is 29.3 Å². The number of thioether (sulfide) groups is 1. The molecular weight excluding hydrogens is 582 g/mol. The third kappa shape index (κ3) is 5.04. The van der Waals surface area contributed by atoms with Crippen LogP contribution in [0.4, 0.5) is 26.3 Å². The van der Waals surface area contributed by atoms with E-state index in [1.807, 2.05) is 0 Å². The number of rotatable bonds is 6. The van der Waals surface area contributed by atoms with Gasteiger partial charge in [-0.05, 0) is 48.4 Å². The molecule has 0 aliphatic carbocycles. The van der Waals surface area contributed by atoms with Crippen molar-refractivity contribution in [1.82, 2.24) is 4.57 Å². The number of benzene rings is 3. The highest BCUT2D eigenvalue weighted by atomic mass is 32.2. The van der Waals surface area contributed by atoms with Gasteiger partial charge >= 0.3 is 6.18 Å². The third-order valence-electron chi connectivity index (χ3n) is 7.22. The number of halogens is 6. The number of alkyl halides is 3. The molecule has 1 unspecified atom stereocenters. The largest absolute Gasteiger partial charge is 0.494 e. The second-order valence-electron chi connectivity index (χ2n) is 9.54. The number of ether oxygens (including phenoxy) is 1. The van der Waals surface area contributed by atoms with Crippen molar-refractivity contribution in [1.29, 1.82) is 0 Å². The maximum Gasteiger partial charge on any atom is 0.416 e. The average Bonchev–Trinajstić information content (AvgIpc) is 3.38. The minimum atomic E-state index is -4.86. The Morgan fingerprint density at radius 3 is 2.38 bits per heavy atom. The Hall–Kier alpha value is -4.19. The minimum absolute atomic E-state index is 0.0166. The molecule has 0 saturated carbocycles. The average molecular weight is 605 g/mol. The van der Waals surface area contributed by atoms with Crippen LogP contribution in [0.5, 0.6) is 5.75 Å². The number of hydrogen-bond donors (Lipinski definition) is 1. The van der Waals surface area contributed by atoms with Crippen LogP contribution in [-0.4, -0.2) is 28.3 Å². The SMILES string of the molecule is COc1cccc(-c2c(C)c(Cc3c(F)cccc3C(F)(F)F)c3n(c2=O)C(C(=NO)c2ccc(F)cc2)CS3)c1F. The molecular formula is C30H22F6N2O3S. The van der Waals surface area contributed by atoms with Crippen LogP contribution in [-0.2, 0) is 12.6 Å². The smallest absolute Gasteiger partial charge is 0.416 e. The summed E-state index contributed by atoms with van der Waals surface area (Å²) in [5.41, 5.74) is -2.25. The lowest BCUT2D eigenvalue weighted by Crippen LogP contribution is -2.32. The molecule has 12 heteroatoms. The van der Waals surface area contributed by atoms with Gasteiger partial charge in [0.2, 0.25) is 0 Å². The maximum atomic E-state index is 15.6. The highest BCUT2D eigenvalue weighted by Crippen LogP contribution is 2.43. The van der Waals surface area contributed by atoms with Crippen LogP contribution in [0.1, 0.15) is 33.9 Å². The second-order valence-corrected chi connectivity index (χ2v) is 10.5. The molecule has 218 valence electrons. The normalized spacial score (nSPS) is 15.1. The van der Waals surface area contributed by atoms with Gasteiger partial charge in [-0.25, -0.2) is 13.2 Å². The first-order valence-electron chi connectivity index (χ1n) is 12.5. The number of methoxy groups -OCH3 is 1. The van der Waals surface area contributed by atoms with E-state index in [0.29, 0.717) is 0 Å². The summed E-state index contributed by atoms with van der Waals surface area (Å²) in [5.74, 6) is -2.57. The van der Waals surface area contributed by atoms with Crippen molar-refractivity contribution in [3.05, 3.63) is 116 Å². The first-order chi connectivity index (χ1) is 20.0. The van der Waals surface area contributed by atoms with Crippen LogP contribution in [0.15, 0.2) is 75.6 Å². The quantitative estimate of drug-likeness (QED) is 0.108. The monoisotopic (exact) mass is 604 g/mol. The first kappa shape index (κ1) is 29.3. The Morgan fingerprint density at radius 1 is 1.05 bits per heavy atom. The molecule has 3 aromatic carbocycles. The molecule has 1 atom stereocenters. The van der Waals surface area contributed by atoms with Gasteiger partial charge in [-0.2, -0.15) is 13.2 Å². The van der Waals surface area contributed by atoms with E-state index in [1.165, 1.54) is 48.9 Å². The summed E-state index contributed by atoms with van der Waals surface area (Å²) >= 11 is 1.10. The van der Waals surface area contributed by atoms with E-state index in [0.717, 1.165) is 42.1 Å². The Kier molecular flexibility index (Phi) is 7.84. The van der Waals surface area contributed by atoms with Gasteiger partial charge in [-0.15, -0.1) is 11.8 Å². The van der Waals surface area contributed by atoms with Gasteiger partial charge in [-0.3, -0.25) is 9.36 Å². The molecule has 1 aromatic heterocycles. The molecule has 4 aromatic rings. The predicted octanol–water partition coefficient (Wildman–Crippen LogP) is 7.38. The zero-order valence-corrected chi connectivity index (χ0v) is 22.9. The number of aromatic nitrogens is 1. The predicted molar refractivity (Wildman–Crippen MR) is 146 cm³/mol. The number of fused-ring (bicyclic) bond motifs is 1. The topological polar surface area (TPSA) is 63.8 Å². The van der Waals surface area contributed by atoms with Crippen LogP contribution < -0.4 is 10.3 Å². The van der Waals surface area contributed by atoms with Gasteiger partial charge in [0, 0.05) is 28.9 Å². The van der Waals surface area contributed by atoms with Crippen LogP contribution in [0.2, 0.25) is 0 Å². The molecule has 5 rings (SSSR count). The Labute approximate surface area is 240 Å². The van der Waals surface area contributed by atoms with Crippen LogP contribution in [0.3, 0.4) is 0 Å². The van der Waals surface area contributed by atoms with Crippen molar-refractivity contribution >= 4 is 17.5 Å². The fraction of sp³-hybridized carbons (Fsp3) is 0.200. The fourth-order valence-corrected chi connectivity index (χ4v) is 6.58. The molecule has 0 spiro atoms. The number of oxime groups is 1. The zero-order chi connectivity index (χ0) is 30.3. The lowest BCUT2D eigenvalue weighted by atomic mass is 9.92. The van der Waals surface area contributed by atoms with Gasteiger partial charge in [0.25, 0.3) is 5.56 Å². The van der Waals surface area contributed by atoms with Crippen molar-refractivity contribution in [2.24, 2.45) is 5.16 Å². The van der Waals surface area contributed by atoms with E-state index in [-0.39, 0.29) is 50.1 Å². The number of hydrogen-bond acceptors (Lipinski definition) is 5. The van der Waals surface area contributed by atoms with Gasteiger partial charge < -0.3 is 9.94 Å². The van der Waals surface area contributed by atoms with E-state index < -0.39 is 52.8 Å². The van der Waals surface area contributed by atoms with E-state index in [1.54, 1.807) is 0 Å². The van der Waals surface area contributed by atoms with Gasteiger partial charge in [0.15, 0.2) is 11.6 Å². The molecule has 0 saturated heterocycles. The summed E-state index contributed by atoms with van der Waals surface area (Å²) in [6, 6.07) is 10.8. The fourth-order valence-electron chi connectivity index (χ4n) is 5.21. The molecule has 0 bridgehead atoms. The van der Waals surface area contributed by atoms with Gasteiger partial charge in [0.1, 0.15) is 17.3 Å². The van der Waals surface area contributed by atoms with E-state index in [2.05, 4.69) is 5.16 Å². The first-order valence-corrected chi connectivity index (χ1v) is 13.5. The Bertz CT molecular complexity index is 1770. The summed E-state index contributed by atoms with van der Waals surface area (Å²) in [6.07, 6.45) is -5.43. The maximum absolute atomic E-state index is 15.6. The lowest BCUT2D eigenvalue weighted by Gasteiger charge is -2.22. The molecule has 2 heterocycles. The summed E-state index contributed by atoms with van der Waals surface area (Å²) in [7, 11) is 1.24. The molecule has 0 radical (unpaired) electrons. The molecule has 1 aliphatic rings. The molecule has 1 N–H and O–H groups in total. The van der Waals surface area contributed by atoms with Crippen molar-refractivity contribution < 1.29 is 36.3 Å². The molecule has 0 amide bonds.